The van der Waals surface area contributed by atoms with Crippen LogP contribution in [0.3, 0.4) is 0 Å². The minimum atomic E-state index is -0.160. The first kappa shape index (κ1) is 17.3. The van der Waals surface area contributed by atoms with Crippen LogP contribution in [0.15, 0.2) is 12.3 Å². The lowest BCUT2D eigenvalue weighted by Crippen LogP contribution is -2.28. The number of hydrogen-bond donors (Lipinski definition) is 2. The third-order valence-electron chi connectivity index (χ3n) is 2.80. The zero-order chi connectivity index (χ0) is 15.7. The Morgan fingerprint density at radius 3 is 2.52 bits per heavy atom. The van der Waals surface area contributed by atoms with Crippen molar-refractivity contribution in [3.8, 4) is 0 Å². The molecule has 0 aliphatic rings. The lowest BCUT2D eigenvalue weighted by atomic mass is 10.3. The van der Waals surface area contributed by atoms with Crippen LogP contribution in [0.4, 0.5) is 5.95 Å². The predicted octanol–water partition coefficient (Wildman–Crippen LogP) is 0.132. The molecule has 0 saturated heterocycles. The summed E-state index contributed by atoms with van der Waals surface area (Å²) in [5.74, 6) is 0.324. The molecule has 0 aliphatic heterocycles. The molecule has 7 heteroatoms. The normalized spacial score (nSPS) is 11.0. The highest BCUT2D eigenvalue weighted by Gasteiger charge is 2.08. The summed E-state index contributed by atoms with van der Waals surface area (Å²) in [6.07, 6.45) is 2.51. The Labute approximate surface area is 126 Å². The van der Waals surface area contributed by atoms with Crippen LogP contribution in [0.5, 0.6) is 0 Å². The van der Waals surface area contributed by atoms with E-state index >= 15 is 0 Å². The Kier molecular flexibility index (Phi) is 7.63. The Morgan fingerprint density at radius 1 is 1.14 bits per heavy atom. The van der Waals surface area contributed by atoms with Gasteiger partial charge in [-0.3, -0.25) is 4.79 Å². The smallest absolute Gasteiger partial charge is 0.270 e. The molecular formula is C14H26N6O. The van der Waals surface area contributed by atoms with E-state index in [2.05, 4.69) is 30.4 Å². The first-order valence-electron chi connectivity index (χ1n) is 7.13. The van der Waals surface area contributed by atoms with E-state index in [4.69, 9.17) is 0 Å². The van der Waals surface area contributed by atoms with Crippen LogP contribution in [0.2, 0.25) is 0 Å². The van der Waals surface area contributed by atoms with Crippen LogP contribution in [0.25, 0.3) is 0 Å². The van der Waals surface area contributed by atoms with Crippen molar-refractivity contribution in [1.82, 2.24) is 25.1 Å². The Morgan fingerprint density at radius 2 is 1.86 bits per heavy atom. The van der Waals surface area contributed by atoms with Gasteiger partial charge in [-0.25, -0.2) is 9.97 Å². The van der Waals surface area contributed by atoms with Crippen LogP contribution in [0.1, 0.15) is 16.9 Å². The molecule has 1 heterocycles. The first-order valence-corrected chi connectivity index (χ1v) is 7.13. The Bertz CT molecular complexity index is 435. The monoisotopic (exact) mass is 294 g/mol. The number of nitrogens with one attached hydrogen (secondary N) is 2. The second-order valence-corrected chi connectivity index (χ2v) is 5.41. The van der Waals surface area contributed by atoms with Gasteiger partial charge in [0.05, 0.1) is 0 Å². The molecule has 7 nitrogen and oxygen atoms in total. The SMILES string of the molecule is CN(C)CCCNC(=O)c1ccnc(NCCN(C)C)n1. The lowest BCUT2D eigenvalue weighted by molar-refractivity contribution is 0.0947. The fourth-order valence-electron chi connectivity index (χ4n) is 1.65. The molecule has 0 aliphatic carbocycles. The second-order valence-electron chi connectivity index (χ2n) is 5.41. The van der Waals surface area contributed by atoms with Gasteiger partial charge in [0, 0.05) is 25.8 Å². The van der Waals surface area contributed by atoms with E-state index in [9.17, 15) is 4.79 Å². The Hall–Kier alpha value is -1.73. The third-order valence-corrected chi connectivity index (χ3v) is 2.80. The summed E-state index contributed by atoms with van der Waals surface area (Å²) in [4.78, 5) is 24.5. The summed E-state index contributed by atoms with van der Waals surface area (Å²) in [7, 11) is 8.02. The molecule has 0 aromatic carbocycles. The minimum Gasteiger partial charge on any atom is -0.353 e. The summed E-state index contributed by atoms with van der Waals surface area (Å²) < 4.78 is 0. The van der Waals surface area contributed by atoms with E-state index < -0.39 is 0 Å². The van der Waals surface area contributed by atoms with Gasteiger partial charge in [0.15, 0.2) is 0 Å². The van der Waals surface area contributed by atoms with Crippen LogP contribution >= 0.6 is 0 Å². The average Bonchev–Trinajstić information content (AvgIpc) is 2.43. The maximum absolute atomic E-state index is 12.0. The first-order chi connectivity index (χ1) is 9.99. The van der Waals surface area contributed by atoms with Gasteiger partial charge in [-0.1, -0.05) is 0 Å². The van der Waals surface area contributed by atoms with Crippen molar-refractivity contribution in [3.05, 3.63) is 18.0 Å². The molecule has 0 fully saturated rings. The highest BCUT2D eigenvalue weighted by atomic mass is 16.1. The van der Waals surface area contributed by atoms with Crippen molar-refractivity contribution in [2.75, 3.05) is 59.7 Å². The van der Waals surface area contributed by atoms with Crippen molar-refractivity contribution in [3.63, 3.8) is 0 Å². The molecule has 1 rings (SSSR count). The topological polar surface area (TPSA) is 73.4 Å². The summed E-state index contributed by atoms with van der Waals surface area (Å²) in [6.45, 7) is 3.21. The van der Waals surface area contributed by atoms with E-state index in [0.717, 1.165) is 26.1 Å². The van der Waals surface area contributed by atoms with Gasteiger partial charge in [0.2, 0.25) is 5.95 Å². The van der Waals surface area contributed by atoms with Crippen molar-refractivity contribution in [2.24, 2.45) is 0 Å². The second kappa shape index (κ2) is 9.25. The molecule has 0 unspecified atom stereocenters. The van der Waals surface area contributed by atoms with Crippen LogP contribution in [0, 0.1) is 0 Å². The van der Waals surface area contributed by atoms with Crippen molar-refractivity contribution >= 4 is 11.9 Å². The number of aromatic nitrogens is 2. The highest BCUT2D eigenvalue weighted by molar-refractivity contribution is 5.92. The fraction of sp³-hybridized carbons (Fsp3) is 0.643. The summed E-state index contributed by atoms with van der Waals surface area (Å²) in [5, 5.41) is 5.97. The standard InChI is InChI=1S/C14H26N6O/c1-19(2)10-5-7-15-13(21)12-6-8-16-14(18-12)17-9-11-20(3)4/h6,8H,5,7,9-11H2,1-4H3,(H,15,21)(H,16,17,18). The number of carbonyl (C=O) groups is 1. The maximum atomic E-state index is 12.0. The molecule has 1 amide bonds. The van der Waals surface area contributed by atoms with Gasteiger partial charge in [-0.2, -0.15) is 0 Å². The van der Waals surface area contributed by atoms with Gasteiger partial charge in [0.1, 0.15) is 5.69 Å². The number of likely N-dealkylation sites (N-methyl/N-ethyl adjacent to an activating group) is 1. The molecule has 1 aromatic rings. The van der Waals surface area contributed by atoms with E-state index in [-0.39, 0.29) is 5.91 Å². The van der Waals surface area contributed by atoms with Gasteiger partial charge < -0.3 is 20.4 Å². The van der Waals surface area contributed by atoms with E-state index in [1.807, 2.05) is 28.2 Å². The molecule has 0 saturated carbocycles. The molecule has 0 atom stereocenters. The molecule has 0 spiro atoms. The fourth-order valence-corrected chi connectivity index (χ4v) is 1.65. The molecule has 0 radical (unpaired) electrons. The van der Waals surface area contributed by atoms with Gasteiger partial charge in [-0.05, 0) is 47.2 Å². The van der Waals surface area contributed by atoms with Gasteiger partial charge in [0.25, 0.3) is 5.91 Å². The molecular weight excluding hydrogens is 268 g/mol. The minimum absolute atomic E-state index is 0.160. The summed E-state index contributed by atoms with van der Waals surface area (Å²) >= 11 is 0. The molecule has 118 valence electrons. The number of rotatable bonds is 9. The molecule has 1 aromatic heterocycles. The van der Waals surface area contributed by atoms with E-state index in [1.165, 1.54) is 0 Å². The number of nitrogens with zero attached hydrogens (tertiary/aromatic N) is 4. The Balaban J connectivity index is 2.41. The number of hydrogen-bond acceptors (Lipinski definition) is 6. The van der Waals surface area contributed by atoms with Crippen molar-refractivity contribution < 1.29 is 4.79 Å². The van der Waals surface area contributed by atoms with E-state index in [0.29, 0.717) is 18.2 Å². The zero-order valence-electron chi connectivity index (χ0n) is 13.4. The molecule has 2 N–H and O–H groups in total. The summed E-state index contributed by atoms with van der Waals surface area (Å²) in [6, 6.07) is 1.62. The molecule has 21 heavy (non-hydrogen) atoms. The lowest BCUT2D eigenvalue weighted by Gasteiger charge is -2.11. The van der Waals surface area contributed by atoms with E-state index in [1.54, 1.807) is 12.3 Å². The summed E-state index contributed by atoms with van der Waals surface area (Å²) in [5.41, 5.74) is 0.391. The van der Waals surface area contributed by atoms with Crippen LogP contribution in [-0.4, -0.2) is 80.0 Å². The number of carbonyl (C=O) groups excluding carboxylic acids is 1. The zero-order valence-corrected chi connectivity index (χ0v) is 13.4. The largest absolute Gasteiger partial charge is 0.353 e. The number of anilines is 1. The van der Waals surface area contributed by atoms with Gasteiger partial charge >= 0.3 is 0 Å². The third kappa shape index (κ3) is 7.57. The van der Waals surface area contributed by atoms with Gasteiger partial charge in [-0.15, -0.1) is 0 Å². The van der Waals surface area contributed by atoms with Crippen molar-refractivity contribution in [1.29, 1.82) is 0 Å². The average molecular weight is 294 g/mol. The maximum Gasteiger partial charge on any atom is 0.270 e. The molecule has 0 bridgehead atoms. The van der Waals surface area contributed by atoms with Crippen LogP contribution < -0.4 is 10.6 Å². The highest BCUT2D eigenvalue weighted by Crippen LogP contribution is 2.00. The predicted molar refractivity (Wildman–Crippen MR) is 84.6 cm³/mol. The number of amides is 1. The van der Waals surface area contributed by atoms with Crippen LogP contribution in [-0.2, 0) is 0 Å². The quantitative estimate of drug-likeness (QED) is 0.631. The van der Waals surface area contributed by atoms with Crippen molar-refractivity contribution in [2.45, 2.75) is 6.42 Å².